The molecule has 1 aliphatic rings. The minimum Gasteiger partial charge on any atom is -0.508 e. The predicted molar refractivity (Wildman–Crippen MR) is 45.1 cm³/mol. The van der Waals surface area contributed by atoms with E-state index in [2.05, 4.69) is 6.08 Å². The van der Waals surface area contributed by atoms with Gasteiger partial charge in [-0.2, -0.15) is 0 Å². The van der Waals surface area contributed by atoms with Gasteiger partial charge >= 0.3 is 0 Å². The molecule has 1 rings (SSSR count). The van der Waals surface area contributed by atoms with Crippen molar-refractivity contribution in [1.29, 1.82) is 0 Å². The highest BCUT2D eigenvalue weighted by Crippen LogP contribution is 2.14. The van der Waals surface area contributed by atoms with Crippen molar-refractivity contribution in [2.45, 2.75) is 33.6 Å². The largest absolute Gasteiger partial charge is 0.508 e. The Morgan fingerprint density at radius 3 is 2.00 bits per heavy atom. The van der Waals surface area contributed by atoms with Crippen LogP contribution in [0.4, 0.5) is 0 Å². The van der Waals surface area contributed by atoms with Crippen molar-refractivity contribution in [3.63, 3.8) is 0 Å². The van der Waals surface area contributed by atoms with Crippen molar-refractivity contribution in [1.82, 2.24) is 0 Å². The predicted octanol–water partition coefficient (Wildman–Crippen LogP) is 3.19. The first-order valence-corrected chi connectivity index (χ1v) is 3.87. The number of aliphatic hydroxyl groups excluding tert-OH is 1. The molecule has 0 unspecified atom stereocenters. The lowest BCUT2D eigenvalue weighted by Gasteiger charge is -2.03. The van der Waals surface area contributed by atoms with Gasteiger partial charge in [-0.1, -0.05) is 19.9 Å². The number of rotatable bonds is 0. The standard InChI is InChI=1S/C7H10O.C2H6/c1-6-4-2-3-5-7(6)8;1-2/h4-5,8H,2-3H2,1H3;1-2H3. The number of hydrogen-bond acceptors (Lipinski definition) is 1. The van der Waals surface area contributed by atoms with E-state index in [1.54, 1.807) is 0 Å². The Hall–Kier alpha value is -0.720. The lowest BCUT2D eigenvalue weighted by Crippen LogP contribution is -1.88. The molecule has 1 N–H and O–H groups in total. The molecule has 0 saturated carbocycles. The third-order valence-electron chi connectivity index (χ3n) is 1.36. The third kappa shape index (κ3) is 2.72. The highest BCUT2D eigenvalue weighted by atomic mass is 16.3. The van der Waals surface area contributed by atoms with Crippen LogP contribution in [0.1, 0.15) is 33.6 Å². The number of hydrogen-bond donors (Lipinski definition) is 1. The van der Waals surface area contributed by atoms with E-state index in [0.29, 0.717) is 5.76 Å². The molecule has 0 aliphatic heterocycles. The van der Waals surface area contributed by atoms with E-state index in [1.165, 1.54) is 0 Å². The second kappa shape index (κ2) is 5.10. The smallest absolute Gasteiger partial charge is 0.114 e. The van der Waals surface area contributed by atoms with Crippen molar-refractivity contribution < 1.29 is 5.11 Å². The Labute approximate surface area is 63.1 Å². The molecular weight excluding hydrogens is 124 g/mol. The monoisotopic (exact) mass is 140 g/mol. The summed E-state index contributed by atoms with van der Waals surface area (Å²) in [5, 5.41) is 8.97. The Balaban J connectivity index is 0.000000371. The van der Waals surface area contributed by atoms with Gasteiger partial charge in [0.05, 0.1) is 0 Å². The topological polar surface area (TPSA) is 20.2 Å². The molecular formula is C9H16O. The maximum atomic E-state index is 8.97. The van der Waals surface area contributed by atoms with Gasteiger partial charge in [0.15, 0.2) is 0 Å². The lowest BCUT2D eigenvalue weighted by molar-refractivity contribution is 0.417. The number of aliphatic hydroxyl groups is 1. The summed E-state index contributed by atoms with van der Waals surface area (Å²) in [6.07, 6.45) is 5.98. The number of allylic oxidation sites excluding steroid dienone is 3. The Morgan fingerprint density at radius 1 is 1.20 bits per heavy atom. The van der Waals surface area contributed by atoms with Crippen LogP contribution in [0, 0.1) is 0 Å². The van der Waals surface area contributed by atoms with E-state index in [4.69, 9.17) is 5.11 Å². The van der Waals surface area contributed by atoms with Crippen molar-refractivity contribution >= 4 is 0 Å². The highest BCUT2D eigenvalue weighted by molar-refractivity contribution is 5.25. The highest BCUT2D eigenvalue weighted by Gasteiger charge is 1.98. The first-order chi connectivity index (χ1) is 4.80. The van der Waals surface area contributed by atoms with Gasteiger partial charge in [-0.3, -0.25) is 0 Å². The Kier molecular flexibility index (Phi) is 4.73. The summed E-state index contributed by atoms with van der Waals surface area (Å²) in [4.78, 5) is 0. The van der Waals surface area contributed by atoms with Crippen LogP contribution in [-0.2, 0) is 0 Å². The zero-order valence-electron chi connectivity index (χ0n) is 7.02. The molecule has 1 aliphatic carbocycles. The molecule has 10 heavy (non-hydrogen) atoms. The van der Waals surface area contributed by atoms with Crippen LogP contribution in [0.3, 0.4) is 0 Å². The Bertz CT molecular complexity index is 125. The van der Waals surface area contributed by atoms with Crippen molar-refractivity contribution in [3.8, 4) is 0 Å². The summed E-state index contributed by atoms with van der Waals surface area (Å²) < 4.78 is 0. The van der Waals surface area contributed by atoms with Gasteiger partial charge in [-0.25, -0.2) is 0 Å². The van der Waals surface area contributed by atoms with E-state index in [0.717, 1.165) is 18.4 Å². The quantitative estimate of drug-likeness (QED) is 0.548. The molecule has 58 valence electrons. The lowest BCUT2D eigenvalue weighted by atomic mass is 10.1. The van der Waals surface area contributed by atoms with Gasteiger partial charge in [-0.15, -0.1) is 0 Å². The Morgan fingerprint density at radius 2 is 1.70 bits per heavy atom. The molecule has 0 heterocycles. The molecule has 0 saturated heterocycles. The summed E-state index contributed by atoms with van der Waals surface area (Å²) in [5.74, 6) is 0.455. The molecule has 0 aromatic heterocycles. The van der Waals surface area contributed by atoms with Gasteiger partial charge in [0, 0.05) is 0 Å². The van der Waals surface area contributed by atoms with Gasteiger partial charge in [0.1, 0.15) is 5.76 Å². The zero-order valence-corrected chi connectivity index (χ0v) is 7.02. The maximum Gasteiger partial charge on any atom is 0.114 e. The van der Waals surface area contributed by atoms with Crippen molar-refractivity contribution in [2.75, 3.05) is 0 Å². The molecule has 1 heteroatoms. The van der Waals surface area contributed by atoms with E-state index in [9.17, 15) is 0 Å². The molecule has 0 bridgehead atoms. The van der Waals surface area contributed by atoms with E-state index in [-0.39, 0.29) is 0 Å². The molecule has 0 aromatic rings. The molecule has 0 aromatic carbocycles. The van der Waals surface area contributed by atoms with Crippen LogP contribution in [0.2, 0.25) is 0 Å². The first-order valence-electron chi connectivity index (χ1n) is 3.87. The van der Waals surface area contributed by atoms with Crippen LogP contribution < -0.4 is 0 Å². The van der Waals surface area contributed by atoms with Crippen molar-refractivity contribution in [2.24, 2.45) is 0 Å². The van der Waals surface area contributed by atoms with Crippen molar-refractivity contribution in [3.05, 3.63) is 23.5 Å². The van der Waals surface area contributed by atoms with Gasteiger partial charge in [0.25, 0.3) is 0 Å². The van der Waals surface area contributed by atoms with Gasteiger partial charge in [-0.05, 0) is 31.4 Å². The van der Waals surface area contributed by atoms with Crippen LogP contribution >= 0.6 is 0 Å². The van der Waals surface area contributed by atoms with Gasteiger partial charge < -0.3 is 5.11 Å². The molecule has 1 nitrogen and oxygen atoms in total. The summed E-state index contributed by atoms with van der Waals surface area (Å²) in [7, 11) is 0. The molecule has 0 fully saturated rings. The first kappa shape index (κ1) is 9.28. The second-order valence-corrected chi connectivity index (χ2v) is 2.05. The maximum absolute atomic E-state index is 8.97. The van der Waals surface area contributed by atoms with Crippen LogP contribution in [0.5, 0.6) is 0 Å². The minimum atomic E-state index is 0.455. The average Bonchev–Trinajstić information content (AvgIpc) is 2.00. The summed E-state index contributed by atoms with van der Waals surface area (Å²) >= 11 is 0. The van der Waals surface area contributed by atoms with Crippen LogP contribution in [0.25, 0.3) is 0 Å². The van der Waals surface area contributed by atoms with Gasteiger partial charge in [0.2, 0.25) is 0 Å². The van der Waals surface area contributed by atoms with E-state index >= 15 is 0 Å². The fourth-order valence-electron chi connectivity index (χ4n) is 0.785. The molecule has 0 radical (unpaired) electrons. The fraction of sp³-hybridized carbons (Fsp3) is 0.556. The third-order valence-corrected chi connectivity index (χ3v) is 1.36. The summed E-state index contributed by atoms with van der Waals surface area (Å²) in [5.41, 5.74) is 1.01. The normalized spacial score (nSPS) is 16.3. The summed E-state index contributed by atoms with van der Waals surface area (Å²) in [6.45, 7) is 5.92. The van der Waals surface area contributed by atoms with Crippen LogP contribution in [-0.4, -0.2) is 5.11 Å². The average molecular weight is 140 g/mol. The minimum absolute atomic E-state index is 0.455. The summed E-state index contributed by atoms with van der Waals surface area (Å²) in [6, 6.07) is 0. The van der Waals surface area contributed by atoms with E-state index in [1.807, 2.05) is 26.8 Å². The van der Waals surface area contributed by atoms with Crippen LogP contribution in [0.15, 0.2) is 23.5 Å². The van der Waals surface area contributed by atoms with E-state index < -0.39 is 0 Å². The molecule has 0 spiro atoms. The SMILES string of the molecule is CC.CC1=CCCC=C1O. The second-order valence-electron chi connectivity index (χ2n) is 2.05. The fourth-order valence-corrected chi connectivity index (χ4v) is 0.785. The zero-order chi connectivity index (χ0) is 7.98. The molecule has 0 atom stereocenters. The molecule has 0 amide bonds.